The van der Waals surface area contributed by atoms with E-state index in [4.69, 9.17) is 0 Å². The maximum atomic E-state index is 10.5. The molecule has 0 amide bonds. The molecule has 0 aromatic carbocycles. The van der Waals surface area contributed by atoms with Crippen LogP contribution in [-0.2, 0) is 9.84 Å². The second-order valence-electron chi connectivity index (χ2n) is 1.59. The van der Waals surface area contributed by atoms with Crippen LogP contribution < -0.4 is 0 Å². The fourth-order valence-corrected chi connectivity index (χ4v) is 1.63. The maximum absolute atomic E-state index is 10.5. The van der Waals surface area contributed by atoms with E-state index < -0.39 is 9.84 Å². The summed E-state index contributed by atoms with van der Waals surface area (Å²) in [5.74, 6) is 0.371. The zero-order chi connectivity index (χ0) is 6.91. The Hall–Kier alpha value is -0.290. The summed E-state index contributed by atoms with van der Waals surface area (Å²) in [4.78, 5) is 3.58. The molecule has 0 radical (unpaired) electrons. The van der Waals surface area contributed by atoms with Crippen LogP contribution in [0, 0.1) is 0 Å². The minimum atomic E-state index is -3.11. The third kappa shape index (κ3) is 1.56. The second kappa shape index (κ2) is 2.15. The molecule has 9 heavy (non-hydrogen) atoms. The molecule has 50 valence electrons. The topological polar surface area (TPSA) is 46.5 Å². The minimum absolute atomic E-state index is 0.371. The van der Waals surface area contributed by atoms with Gasteiger partial charge < -0.3 is 0 Å². The molecule has 1 aliphatic heterocycles. The van der Waals surface area contributed by atoms with Gasteiger partial charge in [-0.05, 0) is 0 Å². The van der Waals surface area contributed by atoms with E-state index >= 15 is 0 Å². The molecular weight excluding hydrogens is 158 g/mol. The molecule has 0 bridgehead atoms. The Balaban J connectivity index is 3.01. The highest BCUT2D eigenvalue weighted by Crippen LogP contribution is 2.09. The Morgan fingerprint density at radius 2 is 2.33 bits per heavy atom. The van der Waals surface area contributed by atoms with Crippen molar-refractivity contribution in [3.8, 4) is 0 Å². The average Bonchev–Trinajstić information content (AvgIpc) is 2.10. The number of hydrogen-bond acceptors (Lipinski definition) is 4. The van der Waals surface area contributed by atoms with Crippen molar-refractivity contribution in [3.05, 3.63) is 11.1 Å². The molecule has 5 heteroatoms. The molecule has 0 aliphatic carbocycles. The van der Waals surface area contributed by atoms with E-state index in [1.54, 1.807) is 0 Å². The molecule has 0 saturated heterocycles. The van der Waals surface area contributed by atoms with Crippen LogP contribution in [0.3, 0.4) is 0 Å². The predicted octanol–water partition coefficient (Wildman–Crippen LogP) is 0.214. The fraction of sp³-hybridized carbons (Fsp3) is 0.250. The van der Waals surface area contributed by atoms with E-state index in [0.717, 1.165) is 11.0 Å². The molecule has 1 rings (SSSR count). The van der Waals surface area contributed by atoms with Crippen molar-refractivity contribution >= 4 is 28.0 Å². The van der Waals surface area contributed by atoms with Crippen LogP contribution in [0.5, 0.6) is 0 Å². The molecule has 0 aromatic rings. The van der Waals surface area contributed by atoms with Gasteiger partial charge in [-0.3, -0.25) is 0 Å². The second-order valence-corrected chi connectivity index (χ2v) is 3.53. The highest BCUT2D eigenvalue weighted by molar-refractivity contribution is 8.07. The molecule has 0 spiro atoms. The first-order valence-corrected chi connectivity index (χ1v) is 4.49. The molecule has 0 saturated carbocycles. The van der Waals surface area contributed by atoms with Gasteiger partial charge in [0.25, 0.3) is 0 Å². The Labute approximate surface area is 58.8 Å². The van der Waals surface area contributed by atoms with Gasteiger partial charge in [-0.1, -0.05) is 0 Å². The maximum Gasteiger partial charge on any atom is 0.211 e. The third-order valence-electron chi connectivity index (χ3n) is 0.828. The molecular formula is C4H5NO2S2. The van der Waals surface area contributed by atoms with Crippen molar-refractivity contribution in [1.29, 1.82) is 0 Å². The molecule has 0 unspecified atom stereocenters. The molecule has 1 heterocycles. The first-order chi connectivity index (χ1) is 4.14. The smallest absolute Gasteiger partial charge is 0.211 e. The van der Waals surface area contributed by atoms with Crippen LogP contribution in [0.25, 0.3) is 0 Å². The standard InChI is InChI=1S/C4H5NO2S2/c6-9(7)2-4(1-8)5-3-9/h2-3,8H,1H2. The molecule has 3 nitrogen and oxygen atoms in total. The zero-order valence-corrected chi connectivity index (χ0v) is 6.19. The SMILES string of the molecule is O=S1(=O)C=NC(CS)=C1. The van der Waals surface area contributed by atoms with Gasteiger partial charge in [-0.15, -0.1) is 0 Å². The van der Waals surface area contributed by atoms with Crippen LogP contribution >= 0.6 is 12.6 Å². The molecule has 0 aromatic heterocycles. The Morgan fingerprint density at radius 1 is 1.67 bits per heavy atom. The van der Waals surface area contributed by atoms with Crippen LogP contribution in [0.4, 0.5) is 0 Å². The van der Waals surface area contributed by atoms with E-state index in [2.05, 4.69) is 17.6 Å². The number of rotatable bonds is 1. The van der Waals surface area contributed by atoms with E-state index in [-0.39, 0.29) is 0 Å². The van der Waals surface area contributed by atoms with E-state index in [9.17, 15) is 8.42 Å². The van der Waals surface area contributed by atoms with E-state index in [1.165, 1.54) is 0 Å². The minimum Gasteiger partial charge on any atom is -0.247 e. The van der Waals surface area contributed by atoms with Crippen molar-refractivity contribution in [1.82, 2.24) is 0 Å². The van der Waals surface area contributed by atoms with E-state index in [1.807, 2.05) is 0 Å². The lowest BCUT2D eigenvalue weighted by molar-refractivity contribution is 0.616. The normalized spacial score (nSPS) is 22.1. The largest absolute Gasteiger partial charge is 0.247 e. The summed E-state index contributed by atoms with van der Waals surface area (Å²) in [5.41, 5.74) is 1.43. The van der Waals surface area contributed by atoms with Crippen LogP contribution in [0.1, 0.15) is 0 Å². The number of sulfone groups is 1. The predicted molar refractivity (Wildman–Crippen MR) is 39.3 cm³/mol. The summed E-state index contributed by atoms with van der Waals surface area (Å²) < 4.78 is 21.1. The van der Waals surface area contributed by atoms with Gasteiger partial charge in [0.05, 0.1) is 11.1 Å². The number of aliphatic imine (C=N–C) groups is 1. The summed E-state index contributed by atoms with van der Waals surface area (Å²) in [6, 6.07) is 0. The van der Waals surface area contributed by atoms with E-state index in [0.29, 0.717) is 11.4 Å². The van der Waals surface area contributed by atoms with Crippen molar-refractivity contribution in [2.24, 2.45) is 4.99 Å². The average molecular weight is 163 g/mol. The molecule has 0 atom stereocenters. The first kappa shape index (κ1) is 6.82. The van der Waals surface area contributed by atoms with Gasteiger partial charge in [0.2, 0.25) is 9.84 Å². The molecule has 1 aliphatic rings. The highest BCUT2D eigenvalue weighted by atomic mass is 32.2. The van der Waals surface area contributed by atoms with Crippen molar-refractivity contribution in [2.45, 2.75) is 0 Å². The lowest BCUT2D eigenvalue weighted by Crippen LogP contribution is -1.89. The highest BCUT2D eigenvalue weighted by Gasteiger charge is 2.10. The quantitative estimate of drug-likeness (QED) is 0.562. The molecule has 0 fully saturated rings. The van der Waals surface area contributed by atoms with Crippen LogP contribution in [-0.4, -0.2) is 19.7 Å². The zero-order valence-electron chi connectivity index (χ0n) is 4.48. The first-order valence-electron chi connectivity index (χ1n) is 2.24. The summed E-state index contributed by atoms with van der Waals surface area (Å²) in [6.45, 7) is 0. The van der Waals surface area contributed by atoms with Crippen LogP contribution in [0.2, 0.25) is 0 Å². The van der Waals surface area contributed by atoms with Crippen molar-refractivity contribution in [3.63, 3.8) is 0 Å². The summed E-state index contributed by atoms with van der Waals surface area (Å²) in [5, 5.41) is 1.11. The summed E-state index contributed by atoms with van der Waals surface area (Å²) in [6.07, 6.45) is 0. The van der Waals surface area contributed by atoms with Crippen LogP contribution in [0.15, 0.2) is 16.1 Å². The molecule has 0 N–H and O–H groups in total. The number of nitrogens with zero attached hydrogens (tertiary/aromatic N) is 1. The van der Waals surface area contributed by atoms with Gasteiger partial charge in [0, 0.05) is 5.75 Å². The lowest BCUT2D eigenvalue weighted by atomic mass is 10.6. The number of hydrogen-bond donors (Lipinski definition) is 1. The summed E-state index contributed by atoms with van der Waals surface area (Å²) in [7, 11) is -3.11. The number of thiol groups is 1. The van der Waals surface area contributed by atoms with Crippen molar-refractivity contribution in [2.75, 3.05) is 5.75 Å². The Bertz CT molecular complexity index is 262. The monoisotopic (exact) mass is 163 g/mol. The van der Waals surface area contributed by atoms with Gasteiger partial charge >= 0.3 is 0 Å². The lowest BCUT2D eigenvalue weighted by Gasteiger charge is -1.81. The summed E-state index contributed by atoms with van der Waals surface area (Å²) >= 11 is 3.85. The van der Waals surface area contributed by atoms with Gasteiger partial charge in [0.15, 0.2) is 0 Å². The van der Waals surface area contributed by atoms with Gasteiger partial charge in [-0.25, -0.2) is 13.4 Å². The van der Waals surface area contributed by atoms with Gasteiger partial charge in [0.1, 0.15) is 5.55 Å². The van der Waals surface area contributed by atoms with Crippen molar-refractivity contribution < 1.29 is 8.42 Å². The van der Waals surface area contributed by atoms with Gasteiger partial charge in [-0.2, -0.15) is 12.6 Å². The third-order valence-corrected chi connectivity index (χ3v) is 2.15. The Kier molecular flexibility index (Phi) is 1.63. The fourth-order valence-electron chi connectivity index (χ4n) is 0.470. The Morgan fingerprint density at radius 3 is 2.56 bits per heavy atom.